The first-order chi connectivity index (χ1) is 12.2. The fourth-order valence-corrected chi connectivity index (χ4v) is 3.08. The molecule has 1 aromatic carbocycles. The van der Waals surface area contributed by atoms with Crippen molar-refractivity contribution in [2.45, 2.75) is 19.8 Å². The molecule has 1 aromatic heterocycles. The van der Waals surface area contributed by atoms with Crippen molar-refractivity contribution < 1.29 is 4.79 Å². The molecule has 5 nitrogen and oxygen atoms in total. The standard InChI is InChI=1S/C20H26N4O/c1-2-23-12-14-24(15-13-23)18-9-10-19(21-16-18)22-20(25)11-8-17-6-4-3-5-7-17/h3-7,9-10,16H,2,8,11-15H2,1H3,(H,21,22,25). The van der Waals surface area contributed by atoms with Gasteiger partial charge >= 0.3 is 0 Å². The Balaban J connectivity index is 1.48. The molecule has 25 heavy (non-hydrogen) atoms. The van der Waals surface area contributed by atoms with Crippen LogP contribution in [0, 0.1) is 0 Å². The Morgan fingerprint density at radius 3 is 2.48 bits per heavy atom. The van der Waals surface area contributed by atoms with E-state index in [2.05, 4.69) is 27.0 Å². The highest BCUT2D eigenvalue weighted by Crippen LogP contribution is 2.17. The lowest BCUT2D eigenvalue weighted by Crippen LogP contribution is -2.46. The largest absolute Gasteiger partial charge is 0.368 e. The molecule has 132 valence electrons. The number of nitrogens with one attached hydrogen (secondary N) is 1. The molecular formula is C20H26N4O. The van der Waals surface area contributed by atoms with E-state index in [-0.39, 0.29) is 5.91 Å². The summed E-state index contributed by atoms with van der Waals surface area (Å²) in [6, 6.07) is 14.0. The number of carbonyl (C=O) groups is 1. The van der Waals surface area contributed by atoms with Crippen molar-refractivity contribution in [1.82, 2.24) is 9.88 Å². The summed E-state index contributed by atoms with van der Waals surface area (Å²) in [4.78, 5) is 21.3. The molecule has 0 radical (unpaired) electrons. The first-order valence-corrected chi connectivity index (χ1v) is 9.01. The number of aromatic nitrogens is 1. The van der Waals surface area contributed by atoms with Gasteiger partial charge in [-0.15, -0.1) is 0 Å². The molecule has 1 fully saturated rings. The quantitative estimate of drug-likeness (QED) is 0.880. The molecular weight excluding hydrogens is 312 g/mol. The minimum atomic E-state index is 0.000614. The van der Waals surface area contributed by atoms with Gasteiger partial charge in [-0.25, -0.2) is 4.98 Å². The number of nitrogens with zero attached hydrogens (tertiary/aromatic N) is 3. The van der Waals surface area contributed by atoms with E-state index in [9.17, 15) is 4.79 Å². The summed E-state index contributed by atoms with van der Waals surface area (Å²) in [5.74, 6) is 0.620. The van der Waals surface area contributed by atoms with Gasteiger partial charge < -0.3 is 15.1 Å². The van der Waals surface area contributed by atoms with Crippen molar-refractivity contribution >= 4 is 17.4 Å². The molecule has 1 aliphatic heterocycles. The van der Waals surface area contributed by atoms with Gasteiger partial charge in [-0.3, -0.25) is 4.79 Å². The van der Waals surface area contributed by atoms with Crippen molar-refractivity contribution in [2.24, 2.45) is 0 Å². The smallest absolute Gasteiger partial charge is 0.225 e. The summed E-state index contributed by atoms with van der Waals surface area (Å²) in [6.45, 7) is 7.55. The van der Waals surface area contributed by atoms with Gasteiger partial charge in [0.05, 0.1) is 11.9 Å². The van der Waals surface area contributed by atoms with Crippen LogP contribution in [0.1, 0.15) is 18.9 Å². The summed E-state index contributed by atoms with van der Waals surface area (Å²) in [7, 11) is 0. The molecule has 3 rings (SSSR count). The van der Waals surface area contributed by atoms with Crippen LogP contribution < -0.4 is 10.2 Å². The number of pyridine rings is 1. The molecule has 0 spiro atoms. The fourth-order valence-electron chi connectivity index (χ4n) is 3.08. The molecule has 0 saturated carbocycles. The van der Waals surface area contributed by atoms with E-state index >= 15 is 0 Å². The Bertz CT molecular complexity index is 664. The summed E-state index contributed by atoms with van der Waals surface area (Å²) >= 11 is 0. The Hall–Kier alpha value is -2.40. The van der Waals surface area contributed by atoms with Crippen molar-refractivity contribution in [1.29, 1.82) is 0 Å². The van der Waals surface area contributed by atoms with Crippen molar-refractivity contribution in [2.75, 3.05) is 42.9 Å². The molecule has 5 heteroatoms. The summed E-state index contributed by atoms with van der Waals surface area (Å²) in [6.07, 6.45) is 3.06. The third-order valence-corrected chi connectivity index (χ3v) is 4.68. The van der Waals surface area contributed by atoms with E-state index < -0.39 is 0 Å². The molecule has 0 aliphatic carbocycles. The minimum absolute atomic E-state index is 0.000614. The molecule has 1 amide bonds. The van der Waals surface area contributed by atoms with Crippen LogP contribution in [0.15, 0.2) is 48.7 Å². The molecule has 0 unspecified atom stereocenters. The zero-order chi connectivity index (χ0) is 17.5. The topological polar surface area (TPSA) is 48.5 Å². The fraction of sp³-hybridized carbons (Fsp3) is 0.400. The highest BCUT2D eigenvalue weighted by molar-refractivity contribution is 5.89. The number of carbonyl (C=O) groups excluding carboxylic acids is 1. The second kappa shape index (κ2) is 8.62. The Labute approximate surface area is 149 Å². The van der Waals surface area contributed by atoms with Crippen LogP contribution in [0.4, 0.5) is 11.5 Å². The first kappa shape index (κ1) is 17.4. The third kappa shape index (κ3) is 5.03. The maximum absolute atomic E-state index is 12.1. The lowest BCUT2D eigenvalue weighted by Gasteiger charge is -2.35. The molecule has 0 bridgehead atoms. The van der Waals surface area contributed by atoms with E-state index in [1.54, 1.807) is 0 Å². The van der Waals surface area contributed by atoms with Crippen molar-refractivity contribution in [3.63, 3.8) is 0 Å². The molecule has 2 aromatic rings. The second-order valence-electron chi connectivity index (χ2n) is 6.36. The average molecular weight is 338 g/mol. The first-order valence-electron chi connectivity index (χ1n) is 9.01. The van der Waals surface area contributed by atoms with E-state index in [4.69, 9.17) is 0 Å². The third-order valence-electron chi connectivity index (χ3n) is 4.68. The number of aryl methyl sites for hydroxylation is 1. The molecule has 1 aliphatic rings. The van der Waals surface area contributed by atoms with E-state index in [1.807, 2.05) is 48.7 Å². The van der Waals surface area contributed by atoms with Gasteiger partial charge in [0, 0.05) is 32.6 Å². The summed E-state index contributed by atoms with van der Waals surface area (Å²) in [5.41, 5.74) is 2.30. The van der Waals surface area contributed by atoms with Crippen LogP contribution in [0.5, 0.6) is 0 Å². The predicted octanol–water partition coefficient (Wildman–Crippen LogP) is 2.79. The predicted molar refractivity (Wildman–Crippen MR) is 102 cm³/mol. The number of hydrogen-bond acceptors (Lipinski definition) is 4. The van der Waals surface area contributed by atoms with Crippen LogP contribution in [0.2, 0.25) is 0 Å². The Kier molecular flexibility index (Phi) is 6.01. The van der Waals surface area contributed by atoms with Gasteiger partial charge in [-0.05, 0) is 30.7 Å². The van der Waals surface area contributed by atoms with Crippen LogP contribution >= 0.6 is 0 Å². The van der Waals surface area contributed by atoms with Gasteiger partial charge in [-0.2, -0.15) is 0 Å². The zero-order valence-corrected chi connectivity index (χ0v) is 14.8. The second-order valence-corrected chi connectivity index (χ2v) is 6.36. The summed E-state index contributed by atoms with van der Waals surface area (Å²) < 4.78 is 0. The van der Waals surface area contributed by atoms with E-state index in [1.165, 1.54) is 5.56 Å². The van der Waals surface area contributed by atoms with Gasteiger partial charge in [0.2, 0.25) is 5.91 Å². The minimum Gasteiger partial charge on any atom is -0.368 e. The van der Waals surface area contributed by atoms with Gasteiger partial charge in [0.15, 0.2) is 0 Å². The zero-order valence-electron chi connectivity index (χ0n) is 14.8. The van der Waals surface area contributed by atoms with Crippen molar-refractivity contribution in [3.05, 3.63) is 54.2 Å². The average Bonchev–Trinajstić information content (AvgIpc) is 2.68. The normalized spacial score (nSPS) is 15.2. The lowest BCUT2D eigenvalue weighted by molar-refractivity contribution is -0.116. The molecule has 2 heterocycles. The van der Waals surface area contributed by atoms with Crippen molar-refractivity contribution in [3.8, 4) is 0 Å². The van der Waals surface area contributed by atoms with Crippen LogP contribution in [0.3, 0.4) is 0 Å². The van der Waals surface area contributed by atoms with Crippen LogP contribution in [0.25, 0.3) is 0 Å². The number of piperazine rings is 1. The van der Waals surface area contributed by atoms with Gasteiger partial charge in [-0.1, -0.05) is 37.3 Å². The molecule has 0 atom stereocenters. The monoisotopic (exact) mass is 338 g/mol. The van der Waals surface area contributed by atoms with Gasteiger partial charge in [0.1, 0.15) is 5.82 Å². The number of hydrogen-bond donors (Lipinski definition) is 1. The van der Waals surface area contributed by atoms with Crippen LogP contribution in [-0.2, 0) is 11.2 Å². The highest BCUT2D eigenvalue weighted by Gasteiger charge is 2.16. The summed E-state index contributed by atoms with van der Waals surface area (Å²) in [5, 5.41) is 2.88. The number of likely N-dealkylation sites (N-methyl/N-ethyl adjacent to an activating group) is 1. The molecule has 1 N–H and O–H groups in total. The number of rotatable bonds is 6. The maximum atomic E-state index is 12.1. The van der Waals surface area contributed by atoms with Gasteiger partial charge in [0.25, 0.3) is 0 Å². The SMILES string of the molecule is CCN1CCN(c2ccc(NC(=O)CCc3ccccc3)nc2)CC1. The highest BCUT2D eigenvalue weighted by atomic mass is 16.1. The van der Waals surface area contributed by atoms with Crippen LogP contribution in [-0.4, -0.2) is 48.5 Å². The Morgan fingerprint density at radius 1 is 1.08 bits per heavy atom. The maximum Gasteiger partial charge on any atom is 0.225 e. The number of anilines is 2. The number of benzene rings is 1. The molecule has 1 saturated heterocycles. The Morgan fingerprint density at radius 2 is 1.84 bits per heavy atom. The lowest BCUT2D eigenvalue weighted by atomic mass is 10.1. The van der Waals surface area contributed by atoms with E-state index in [0.29, 0.717) is 12.2 Å². The van der Waals surface area contributed by atoms with E-state index in [0.717, 1.165) is 44.8 Å². The number of amides is 1.